The van der Waals surface area contributed by atoms with E-state index in [0.29, 0.717) is 5.89 Å². The highest BCUT2D eigenvalue weighted by Crippen LogP contribution is 2.24. The molecule has 0 atom stereocenters. The summed E-state index contributed by atoms with van der Waals surface area (Å²) in [6, 6.07) is 8.98. The van der Waals surface area contributed by atoms with E-state index in [1.54, 1.807) is 31.4 Å². The van der Waals surface area contributed by atoms with Gasteiger partial charge in [0.25, 0.3) is 0 Å². The Balaban J connectivity index is 2.39. The molecule has 5 nitrogen and oxygen atoms in total. The molecule has 2 aromatic rings. The summed E-state index contributed by atoms with van der Waals surface area (Å²) in [5.41, 5.74) is 6.32. The van der Waals surface area contributed by atoms with Gasteiger partial charge in [-0.05, 0) is 24.3 Å². The smallest absolute Gasteiger partial charge is 0.230 e. The minimum absolute atomic E-state index is 0.0355. The molecule has 0 saturated carbocycles. The summed E-state index contributed by atoms with van der Waals surface area (Å²) in [5, 5.41) is 8.69. The van der Waals surface area contributed by atoms with E-state index in [1.165, 1.54) is 0 Å². The summed E-state index contributed by atoms with van der Waals surface area (Å²) in [6.07, 6.45) is 0. The molecule has 5 heteroatoms. The lowest BCUT2D eigenvalue weighted by Crippen LogP contribution is -1.84. The van der Waals surface area contributed by atoms with E-state index in [2.05, 4.69) is 4.98 Å². The van der Waals surface area contributed by atoms with E-state index in [0.717, 1.165) is 11.3 Å². The molecule has 0 unspecified atom stereocenters. The van der Waals surface area contributed by atoms with Crippen LogP contribution in [0.2, 0.25) is 0 Å². The molecule has 0 aliphatic heterocycles. The second kappa shape index (κ2) is 3.95. The number of benzene rings is 1. The summed E-state index contributed by atoms with van der Waals surface area (Å²) >= 11 is 0. The number of rotatable bonds is 2. The molecule has 0 bridgehead atoms. The Morgan fingerprint density at radius 2 is 2.06 bits per heavy atom. The molecule has 2 rings (SSSR count). The van der Waals surface area contributed by atoms with Crippen molar-refractivity contribution in [3.05, 3.63) is 30.0 Å². The van der Waals surface area contributed by atoms with Crippen LogP contribution in [0.5, 0.6) is 5.75 Å². The van der Waals surface area contributed by atoms with Gasteiger partial charge in [-0.3, -0.25) is 0 Å². The minimum atomic E-state index is 0.0355. The summed E-state index contributed by atoms with van der Waals surface area (Å²) in [7, 11) is 1.59. The number of ether oxygens (including phenoxy) is 1. The third-order valence-corrected chi connectivity index (χ3v) is 2.10. The van der Waals surface area contributed by atoms with E-state index >= 15 is 0 Å². The number of nitrogens with zero attached hydrogens (tertiary/aromatic N) is 2. The van der Waals surface area contributed by atoms with Gasteiger partial charge in [0.05, 0.1) is 7.11 Å². The Morgan fingerprint density at radius 3 is 2.56 bits per heavy atom. The maximum atomic E-state index is 8.69. The first-order valence-electron chi connectivity index (χ1n) is 4.55. The van der Waals surface area contributed by atoms with Gasteiger partial charge >= 0.3 is 0 Å². The Morgan fingerprint density at radius 1 is 1.38 bits per heavy atom. The molecule has 0 spiro atoms. The van der Waals surface area contributed by atoms with Crippen LogP contribution < -0.4 is 10.5 Å². The first-order chi connectivity index (χ1) is 7.74. The Labute approximate surface area is 92.1 Å². The zero-order chi connectivity index (χ0) is 11.5. The highest BCUT2D eigenvalue weighted by atomic mass is 16.5. The largest absolute Gasteiger partial charge is 0.497 e. The van der Waals surface area contributed by atoms with Crippen molar-refractivity contribution in [1.82, 2.24) is 4.98 Å². The Hall–Kier alpha value is -2.48. The van der Waals surface area contributed by atoms with E-state index in [1.807, 2.05) is 6.07 Å². The monoisotopic (exact) mass is 215 g/mol. The highest BCUT2D eigenvalue weighted by Gasteiger charge is 2.11. The lowest BCUT2D eigenvalue weighted by atomic mass is 10.2. The minimum Gasteiger partial charge on any atom is -0.497 e. The summed E-state index contributed by atoms with van der Waals surface area (Å²) in [5.74, 6) is 1.11. The number of aromatic nitrogens is 1. The van der Waals surface area contributed by atoms with Gasteiger partial charge in [-0.2, -0.15) is 10.2 Å². The number of oxazole rings is 1. The molecule has 1 aromatic carbocycles. The molecule has 80 valence electrons. The summed E-state index contributed by atoms with van der Waals surface area (Å²) < 4.78 is 10.2. The highest BCUT2D eigenvalue weighted by molar-refractivity contribution is 5.58. The topological polar surface area (TPSA) is 85.1 Å². The Bertz CT molecular complexity index is 537. The molecular formula is C11H9N3O2. The van der Waals surface area contributed by atoms with Crippen LogP contribution >= 0.6 is 0 Å². The van der Waals surface area contributed by atoms with E-state index in [4.69, 9.17) is 20.1 Å². The zero-order valence-electron chi connectivity index (χ0n) is 8.60. The zero-order valence-corrected chi connectivity index (χ0v) is 8.60. The maximum Gasteiger partial charge on any atom is 0.230 e. The fourth-order valence-corrected chi connectivity index (χ4v) is 1.27. The van der Waals surface area contributed by atoms with Gasteiger partial charge in [0.1, 0.15) is 11.8 Å². The molecule has 16 heavy (non-hydrogen) atoms. The van der Waals surface area contributed by atoms with Crippen LogP contribution in [-0.4, -0.2) is 12.1 Å². The molecule has 1 aromatic heterocycles. The van der Waals surface area contributed by atoms with Gasteiger partial charge in [0, 0.05) is 5.56 Å². The molecule has 0 aliphatic rings. The van der Waals surface area contributed by atoms with Crippen LogP contribution in [0.4, 0.5) is 5.88 Å². The molecule has 0 radical (unpaired) electrons. The number of nitriles is 1. The van der Waals surface area contributed by atoms with Crippen molar-refractivity contribution < 1.29 is 9.15 Å². The second-order valence-electron chi connectivity index (χ2n) is 3.07. The molecule has 1 heterocycles. The van der Waals surface area contributed by atoms with Crippen LogP contribution in [0.15, 0.2) is 28.7 Å². The average molecular weight is 215 g/mol. The molecule has 0 aliphatic carbocycles. The molecule has 0 amide bonds. The number of hydrogen-bond donors (Lipinski definition) is 1. The first kappa shape index (κ1) is 10.1. The third kappa shape index (κ3) is 1.68. The number of nitrogens with two attached hydrogens (primary N) is 1. The van der Waals surface area contributed by atoms with Gasteiger partial charge in [0.2, 0.25) is 17.5 Å². The average Bonchev–Trinajstić information content (AvgIpc) is 2.71. The Kier molecular flexibility index (Phi) is 2.48. The predicted molar refractivity (Wildman–Crippen MR) is 57.6 cm³/mol. The SMILES string of the molecule is COc1ccc(-c2nc(C#N)c(N)o2)cc1. The number of hydrogen-bond acceptors (Lipinski definition) is 5. The molecule has 0 saturated heterocycles. The van der Waals surface area contributed by atoms with Crippen molar-refractivity contribution in [3.63, 3.8) is 0 Å². The number of anilines is 1. The van der Waals surface area contributed by atoms with Crippen molar-refractivity contribution in [2.45, 2.75) is 0 Å². The number of nitrogen functional groups attached to an aromatic ring is 1. The molecule has 2 N–H and O–H groups in total. The van der Waals surface area contributed by atoms with Gasteiger partial charge in [0.15, 0.2) is 0 Å². The third-order valence-electron chi connectivity index (χ3n) is 2.10. The molecule has 0 fully saturated rings. The summed E-state index contributed by atoms with van der Waals surface area (Å²) in [6.45, 7) is 0. The lowest BCUT2D eigenvalue weighted by molar-refractivity contribution is 0.415. The van der Waals surface area contributed by atoms with E-state index in [-0.39, 0.29) is 11.6 Å². The van der Waals surface area contributed by atoms with Crippen molar-refractivity contribution in [2.75, 3.05) is 12.8 Å². The number of methoxy groups -OCH3 is 1. The second-order valence-corrected chi connectivity index (χ2v) is 3.07. The van der Waals surface area contributed by atoms with Gasteiger partial charge in [-0.25, -0.2) is 0 Å². The van der Waals surface area contributed by atoms with Crippen molar-refractivity contribution in [3.8, 4) is 23.3 Å². The van der Waals surface area contributed by atoms with Crippen LogP contribution in [0.1, 0.15) is 5.69 Å². The standard InChI is InChI=1S/C11H9N3O2/c1-15-8-4-2-7(3-5-8)11-14-9(6-12)10(13)16-11/h2-5H,13H2,1H3. The van der Waals surface area contributed by atoms with Crippen LogP contribution in [0, 0.1) is 11.3 Å². The first-order valence-corrected chi connectivity index (χ1v) is 4.55. The van der Waals surface area contributed by atoms with Crippen molar-refractivity contribution in [1.29, 1.82) is 5.26 Å². The van der Waals surface area contributed by atoms with E-state index in [9.17, 15) is 0 Å². The fraction of sp³-hybridized carbons (Fsp3) is 0.0909. The van der Waals surface area contributed by atoms with Gasteiger partial charge in [-0.1, -0.05) is 0 Å². The van der Waals surface area contributed by atoms with Gasteiger partial charge in [-0.15, -0.1) is 0 Å². The maximum absolute atomic E-state index is 8.69. The van der Waals surface area contributed by atoms with Gasteiger partial charge < -0.3 is 14.9 Å². The molecular weight excluding hydrogens is 206 g/mol. The predicted octanol–water partition coefficient (Wildman–Crippen LogP) is 1.80. The summed E-state index contributed by atoms with van der Waals surface area (Å²) in [4.78, 5) is 3.96. The fourth-order valence-electron chi connectivity index (χ4n) is 1.27. The van der Waals surface area contributed by atoms with Crippen molar-refractivity contribution in [2.24, 2.45) is 0 Å². The van der Waals surface area contributed by atoms with Crippen LogP contribution in [0.3, 0.4) is 0 Å². The van der Waals surface area contributed by atoms with Crippen LogP contribution in [-0.2, 0) is 0 Å². The van der Waals surface area contributed by atoms with Crippen LogP contribution in [0.25, 0.3) is 11.5 Å². The quantitative estimate of drug-likeness (QED) is 0.825. The van der Waals surface area contributed by atoms with E-state index < -0.39 is 0 Å². The normalized spacial score (nSPS) is 9.75. The van der Waals surface area contributed by atoms with Crippen molar-refractivity contribution >= 4 is 5.88 Å². The lowest BCUT2D eigenvalue weighted by Gasteiger charge is -1.99.